The highest BCUT2D eigenvalue weighted by Gasteiger charge is 2.21. The number of nitrogens with zero attached hydrogens (tertiary/aromatic N) is 1. The standard InChI is InChI=1S/C19H14N2O2S/c1-11(22)18-17(20)16-13(15-8-5-9-24-15)10-14(21-19(16)23-18)12-6-3-2-4-7-12/h2-10H,20H2,1H3. The number of aromatic nitrogens is 1. The number of nitrogens with two attached hydrogens (primary N) is 1. The van der Waals surface area contributed by atoms with Crippen molar-refractivity contribution in [3.8, 4) is 21.7 Å². The quantitative estimate of drug-likeness (QED) is 0.535. The predicted molar refractivity (Wildman–Crippen MR) is 97.2 cm³/mol. The van der Waals surface area contributed by atoms with E-state index in [2.05, 4.69) is 4.98 Å². The van der Waals surface area contributed by atoms with E-state index in [-0.39, 0.29) is 11.5 Å². The van der Waals surface area contributed by atoms with Crippen molar-refractivity contribution >= 4 is 33.9 Å². The Hall–Kier alpha value is -2.92. The van der Waals surface area contributed by atoms with Gasteiger partial charge < -0.3 is 10.2 Å². The number of carbonyl (C=O) groups is 1. The monoisotopic (exact) mass is 334 g/mol. The van der Waals surface area contributed by atoms with Crippen LogP contribution in [0.4, 0.5) is 5.69 Å². The molecule has 0 fully saturated rings. The van der Waals surface area contributed by atoms with Gasteiger partial charge in [0.2, 0.25) is 5.71 Å². The minimum atomic E-state index is -0.205. The Balaban J connectivity index is 2.07. The number of ketones is 1. The van der Waals surface area contributed by atoms with Crippen LogP contribution in [0.2, 0.25) is 0 Å². The first-order valence-corrected chi connectivity index (χ1v) is 8.36. The molecule has 0 saturated carbocycles. The first-order chi connectivity index (χ1) is 11.6. The molecule has 3 heterocycles. The molecule has 0 saturated heterocycles. The number of pyridine rings is 1. The fourth-order valence-corrected chi connectivity index (χ4v) is 3.51. The highest BCUT2D eigenvalue weighted by Crippen LogP contribution is 2.39. The van der Waals surface area contributed by atoms with Crippen LogP contribution < -0.4 is 5.73 Å². The van der Waals surface area contributed by atoms with E-state index in [0.29, 0.717) is 16.8 Å². The van der Waals surface area contributed by atoms with Gasteiger partial charge in [-0.2, -0.15) is 0 Å². The molecule has 4 aromatic rings. The third kappa shape index (κ3) is 2.30. The summed E-state index contributed by atoms with van der Waals surface area (Å²) in [5.41, 5.74) is 9.63. The van der Waals surface area contributed by atoms with Gasteiger partial charge in [-0.05, 0) is 17.5 Å². The SMILES string of the molecule is CC(=O)c1oc2nc(-c3ccccc3)cc(-c3cccs3)c2c1N. The molecule has 24 heavy (non-hydrogen) atoms. The molecule has 3 aromatic heterocycles. The zero-order valence-corrected chi connectivity index (χ0v) is 13.8. The molecule has 0 spiro atoms. The second-order valence-corrected chi connectivity index (χ2v) is 6.43. The number of hydrogen-bond acceptors (Lipinski definition) is 5. The van der Waals surface area contributed by atoms with E-state index in [1.807, 2.05) is 53.9 Å². The Morgan fingerprint density at radius 3 is 2.62 bits per heavy atom. The molecule has 0 unspecified atom stereocenters. The van der Waals surface area contributed by atoms with Crippen LogP contribution >= 0.6 is 11.3 Å². The van der Waals surface area contributed by atoms with Gasteiger partial charge in [-0.1, -0.05) is 36.4 Å². The van der Waals surface area contributed by atoms with Gasteiger partial charge in [-0.3, -0.25) is 4.79 Å². The summed E-state index contributed by atoms with van der Waals surface area (Å²) in [6, 6.07) is 15.9. The number of anilines is 1. The summed E-state index contributed by atoms with van der Waals surface area (Å²) in [7, 11) is 0. The second-order valence-electron chi connectivity index (χ2n) is 5.48. The normalized spacial score (nSPS) is 11.0. The van der Waals surface area contributed by atoms with Gasteiger partial charge in [0.05, 0.1) is 16.8 Å². The number of nitrogen functional groups attached to an aromatic ring is 1. The molecule has 0 aliphatic carbocycles. The number of carbonyl (C=O) groups excluding carboxylic acids is 1. The largest absolute Gasteiger partial charge is 0.432 e. The average molecular weight is 334 g/mol. The van der Waals surface area contributed by atoms with Gasteiger partial charge in [-0.15, -0.1) is 11.3 Å². The van der Waals surface area contributed by atoms with Gasteiger partial charge in [-0.25, -0.2) is 4.98 Å². The molecule has 0 aliphatic rings. The molecule has 0 aliphatic heterocycles. The lowest BCUT2D eigenvalue weighted by Gasteiger charge is -2.06. The fourth-order valence-electron chi connectivity index (χ4n) is 2.77. The van der Waals surface area contributed by atoms with E-state index >= 15 is 0 Å². The minimum Gasteiger partial charge on any atom is -0.432 e. The highest BCUT2D eigenvalue weighted by atomic mass is 32.1. The summed E-state index contributed by atoms with van der Waals surface area (Å²) in [5.74, 6) is -0.0376. The smallest absolute Gasteiger partial charge is 0.230 e. The van der Waals surface area contributed by atoms with E-state index in [4.69, 9.17) is 10.2 Å². The molecule has 4 rings (SSSR count). The molecular formula is C19H14N2O2S. The van der Waals surface area contributed by atoms with Gasteiger partial charge in [0.1, 0.15) is 0 Å². The molecular weight excluding hydrogens is 320 g/mol. The van der Waals surface area contributed by atoms with Crippen molar-refractivity contribution in [1.29, 1.82) is 0 Å². The summed E-state index contributed by atoms with van der Waals surface area (Å²) in [6.07, 6.45) is 0. The van der Waals surface area contributed by atoms with Crippen molar-refractivity contribution in [2.45, 2.75) is 6.92 Å². The van der Waals surface area contributed by atoms with Crippen molar-refractivity contribution in [3.05, 3.63) is 59.7 Å². The van der Waals surface area contributed by atoms with Crippen LogP contribution in [0.3, 0.4) is 0 Å². The Bertz CT molecular complexity index is 1030. The van der Waals surface area contributed by atoms with E-state index < -0.39 is 0 Å². The number of rotatable bonds is 3. The van der Waals surface area contributed by atoms with Crippen LogP contribution in [-0.2, 0) is 0 Å². The van der Waals surface area contributed by atoms with E-state index in [1.54, 1.807) is 11.3 Å². The van der Waals surface area contributed by atoms with E-state index in [1.165, 1.54) is 6.92 Å². The third-order valence-electron chi connectivity index (χ3n) is 3.87. The van der Waals surface area contributed by atoms with Gasteiger partial charge in [0.25, 0.3) is 0 Å². The first-order valence-electron chi connectivity index (χ1n) is 7.48. The summed E-state index contributed by atoms with van der Waals surface area (Å²) in [5, 5.41) is 2.70. The van der Waals surface area contributed by atoms with Crippen molar-refractivity contribution < 1.29 is 9.21 Å². The number of Topliss-reactive ketones (excluding diaryl/α,β-unsaturated/α-hetero) is 1. The van der Waals surface area contributed by atoms with Crippen molar-refractivity contribution in [2.75, 3.05) is 5.73 Å². The van der Waals surface area contributed by atoms with Crippen molar-refractivity contribution in [1.82, 2.24) is 4.98 Å². The second kappa shape index (κ2) is 5.62. The molecule has 0 bridgehead atoms. The summed E-state index contributed by atoms with van der Waals surface area (Å²) in [4.78, 5) is 17.4. The maximum atomic E-state index is 11.8. The van der Waals surface area contributed by atoms with Crippen LogP contribution in [0.25, 0.3) is 32.8 Å². The van der Waals surface area contributed by atoms with Crippen LogP contribution in [0.1, 0.15) is 17.5 Å². The lowest BCUT2D eigenvalue weighted by Crippen LogP contribution is -1.95. The Labute approximate surface area is 142 Å². The van der Waals surface area contributed by atoms with Gasteiger partial charge in [0.15, 0.2) is 11.5 Å². The van der Waals surface area contributed by atoms with Gasteiger partial charge >= 0.3 is 0 Å². The zero-order valence-electron chi connectivity index (χ0n) is 12.9. The number of fused-ring (bicyclic) bond motifs is 1. The third-order valence-corrected chi connectivity index (χ3v) is 4.78. The van der Waals surface area contributed by atoms with Crippen LogP contribution in [0.5, 0.6) is 0 Å². The van der Waals surface area contributed by atoms with Crippen LogP contribution in [0.15, 0.2) is 58.3 Å². The lowest BCUT2D eigenvalue weighted by molar-refractivity contribution is 0.0990. The lowest BCUT2D eigenvalue weighted by atomic mass is 10.0. The van der Waals surface area contributed by atoms with Gasteiger partial charge in [0, 0.05) is 22.9 Å². The van der Waals surface area contributed by atoms with Crippen LogP contribution in [0, 0.1) is 0 Å². The molecule has 1 aromatic carbocycles. The minimum absolute atomic E-state index is 0.167. The van der Waals surface area contributed by atoms with E-state index in [9.17, 15) is 4.79 Å². The van der Waals surface area contributed by atoms with Crippen LogP contribution in [-0.4, -0.2) is 10.8 Å². The summed E-state index contributed by atoms with van der Waals surface area (Å²) in [6.45, 7) is 1.44. The number of benzene rings is 1. The van der Waals surface area contributed by atoms with Crippen molar-refractivity contribution in [2.24, 2.45) is 0 Å². The zero-order chi connectivity index (χ0) is 16.7. The summed E-state index contributed by atoms with van der Waals surface area (Å²) >= 11 is 1.61. The Morgan fingerprint density at radius 2 is 1.96 bits per heavy atom. The predicted octanol–water partition coefficient (Wildman–Crippen LogP) is 5.01. The maximum Gasteiger partial charge on any atom is 0.230 e. The van der Waals surface area contributed by atoms with E-state index in [0.717, 1.165) is 21.7 Å². The molecule has 0 radical (unpaired) electrons. The van der Waals surface area contributed by atoms with Crippen molar-refractivity contribution in [3.63, 3.8) is 0 Å². The topological polar surface area (TPSA) is 69.1 Å². The molecule has 0 atom stereocenters. The fraction of sp³-hybridized carbons (Fsp3) is 0.0526. The number of furan rings is 1. The first kappa shape index (κ1) is 14.7. The number of thiophene rings is 1. The molecule has 5 heteroatoms. The average Bonchev–Trinajstić information content (AvgIpc) is 3.23. The molecule has 2 N–H and O–H groups in total. The number of hydrogen-bond donors (Lipinski definition) is 1. The Morgan fingerprint density at radius 1 is 1.17 bits per heavy atom. The maximum absolute atomic E-state index is 11.8. The molecule has 4 nitrogen and oxygen atoms in total. The molecule has 118 valence electrons. The Kier molecular flexibility index (Phi) is 3.43. The highest BCUT2D eigenvalue weighted by molar-refractivity contribution is 7.13. The summed E-state index contributed by atoms with van der Waals surface area (Å²) < 4.78 is 5.68. The molecule has 0 amide bonds.